The lowest BCUT2D eigenvalue weighted by molar-refractivity contribution is -0.145. The Labute approximate surface area is 226 Å². The van der Waals surface area contributed by atoms with Gasteiger partial charge in [-0.2, -0.15) is 13.2 Å². The summed E-state index contributed by atoms with van der Waals surface area (Å²) < 4.78 is 61.7. The fourth-order valence-electron chi connectivity index (χ4n) is 4.27. The first-order valence-corrected chi connectivity index (χ1v) is 12.9. The highest BCUT2D eigenvalue weighted by molar-refractivity contribution is 7.13. The van der Waals surface area contributed by atoms with Crippen LogP contribution in [0.3, 0.4) is 0 Å². The van der Waals surface area contributed by atoms with E-state index >= 15 is 0 Å². The maximum absolute atomic E-state index is 13.2. The number of halogens is 3. The van der Waals surface area contributed by atoms with Crippen molar-refractivity contribution in [2.45, 2.75) is 58.0 Å². The zero-order chi connectivity index (χ0) is 28.7. The molecule has 0 spiro atoms. The second-order valence-electron chi connectivity index (χ2n) is 9.98. The number of fused-ring (bicyclic) bond motifs is 1. The number of ether oxygens (including phenoxy) is 4. The zero-order valence-corrected chi connectivity index (χ0v) is 23.0. The summed E-state index contributed by atoms with van der Waals surface area (Å²) in [7, 11) is 2.73. The van der Waals surface area contributed by atoms with Crippen LogP contribution in [0.5, 0.6) is 11.5 Å². The van der Waals surface area contributed by atoms with Crippen LogP contribution in [0.25, 0.3) is 21.6 Å². The van der Waals surface area contributed by atoms with Gasteiger partial charge in [-0.25, -0.2) is 19.6 Å². The van der Waals surface area contributed by atoms with Crippen molar-refractivity contribution >= 4 is 34.3 Å². The molecule has 0 aliphatic carbocycles. The number of pyridine rings is 1. The summed E-state index contributed by atoms with van der Waals surface area (Å²) in [5.74, 6) is 0.232. The number of hydrogen-bond acceptors (Lipinski definition) is 9. The van der Waals surface area contributed by atoms with Crippen molar-refractivity contribution in [1.82, 2.24) is 14.9 Å². The van der Waals surface area contributed by atoms with Gasteiger partial charge in [-0.1, -0.05) is 0 Å². The number of methoxy groups -OCH3 is 2. The van der Waals surface area contributed by atoms with Crippen LogP contribution >= 0.6 is 11.3 Å². The Morgan fingerprint density at radius 2 is 1.82 bits per heavy atom. The van der Waals surface area contributed by atoms with Gasteiger partial charge in [0.15, 0.2) is 5.69 Å². The Morgan fingerprint density at radius 1 is 1.10 bits per heavy atom. The van der Waals surface area contributed by atoms with Crippen molar-refractivity contribution in [2.24, 2.45) is 0 Å². The van der Waals surface area contributed by atoms with E-state index in [-0.39, 0.29) is 23.7 Å². The molecule has 3 heterocycles. The molecule has 0 unspecified atom stereocenters. The van der Waals surface area contributed by atoms with Crippen molar-refractivity contribution in [1.29, 1.82) is 0 Å². The number of carbonyl (C=O) groups is 2. The minimum atomic E-state index is -4.60. The Morgan fingerprint density at radius 3 is 2.41 bits per heavy atom. The van der Waals surface area contributed by atoms with E-state index in [2.05, 4.69) is 9.97 Å². The van der Waals surface area contributed by atoms with Crippen LogP contribution in [-0.2, 0) is 20.4 Å². The Kier molecular flexibility index (Phi) is 7.66. The highest BCUT2D eigenvalue weighted by atomic mass is 32.1. The Bertz CT molecular complexity index is 1400. The average Bonchev–Trinajstić information content (AvgIpc) is 3.51. The quantitative estimate of drug-likeness (QED) is 0.366. The lowest BCUT2D eigenvalue weighted by Crippen LogP contribution is -2.44. The van der Waals surface area contributed by atoms with Crippen LogP contribution in [0.15, 0.2) is 23.6 Å². The molecule has 0 radical (unpaired) electrons. The fourth-order valence-corrected chi connectivity index (χ4v) is 5.06. The van der Waals surface area contributed by atoms with Gasteiger partial charge in [-0.05, 0) is 39.8 Å². The molecule has 1 aliphatic heterocycles. The summed E-state index contributed by atoms with van der Waals surface area (Å²) >= 11 is 0.811. The van der Waals surface area contributed by atoms with Crippen LogP contribution in [0.2, 0.25) is 0 Å². The molecule has 1 fully saturated rings. The van der Waals surface area contributed by atoms with Crippen LogP contribution in [-0.4, -0.2) is 65.4 Å². The lowest BCUT2D eigenvalue weighted by atomic mass is 10.1. The number of aromatic nitrogens is 2. The van der Waals surface area contributed by atoms with Crippen LogP contribution in [0, 0.1) is 6.92 Å². The zero-order valence-electron chi connectivity index (χ0n) is 22.2. The van der Waals surface area contributed by atoms with Gasteiger partial charge >= 0.3 is 18.2 Å². The SMILES string of the molecule is COC(=O)[C@@H]1C[C@H](Oc2cc(-c3nc(C(F)(F)F)cs3)nc3c(C)c(OC)ccc23)CN1C(=O)OC(C)(C)C. The van der Waals surface area contributed by atoms with Crippen molar-refractivity contribution in [2.75, 3.05) is 20.8 Å². The molecule has 39 heavy (non-hydrogen) atoms. The Balaban J connectivity index is 1.74. The average molecular weight is 568 g/mol. The molecule has 9 nitrogen and oxygen atoms in total. The maximum atomic E-state index is 13.2. The molecule has 0 N–H and O–H groups in total. The summed E-state index contributed by atoms with van der Waals surface area (Å²) in [5, 5.41) is 1.57. The molecule has 3 aromatic rings. The van der Waals surface area contributed by atoms with Crippen molar-refractivity contribution in [3.05, 3.63) is 34.8 Å². The van der Waals surface area contributed by atoms with E-state index in [4.69, 9.17) is 18.9 Å². The van der Waals surface area contributed by atoms with Crippen molar-refractivity contribution in [3.8, 4) is 22.2 Å². The van der Waals surface area contributed by atoms with Gasteiger partial charge in [0.25, 0.3) is 0 Å². The van der Waals surface area contributed by atoms with Crippen molar-refractivity contribution < 1.29 is 41.7 Å². The maximum Gasteiger partial charge on any atom is 0.434 e. The van der Waals surface area contributed by atoms with Gasteiger partial charge in [0, 0.05) is 28.8 Å². The monoisotopic (exact) mass is 567 g/mol. The first kappa shape index (κ1) is 28.4. The fraction of sp³-hybridized carbons (Fsp3) is 0.462. The number of hydrogen-bond donors (Lipinski definition) is 0. The Hall–Kier alpha value is -3.61. The molecule has 1 saturated heterocycles. The van der Waals surface area contributed by atoms with E-state index in [1.54, 1.807) is 39.8 Å². The molecule has 2 atom stereocenters. The topological polar surface area (TPSA) is 100 Å². The molecule has 210 valence electrons. The van der Waals surface area contributed by atoms with E-state index in [0.717, 1.165) is 16.7 Å². The van der Waals surface area contributed by atoms with Gasteiger partial charge in [-0.3, -0.25) is 4.90 Å². The second kappa shape index (κ2) is 10.5. The number of esters is 1. The molecular formula is C26H28F3N3O6S. The molecular weight excluding hydrogens is 539 g/mol. The van der Waals surface area contributed by atoms with E-state index in [1.165, 1.54) is 25.2 Å². The minimum Gasteiger partial charge on any atom is -0.496 e. The summed E-state index contributed by atoms with van der Waals surface area (Å²) in [6, 6.07) is 4.04. The largest absolute Gasteiger partial charge is 0.496 e. The molecule has 1 aromatic carbocycles. The molecule has 2 aromatic heterocycles. The molecule has 4 rings (SSSR count). The van der Waals surface area contributed by atoms with E-state index < -0.39 is 41.7 Å². The number of rotatable bonds is 5. The molecule has 1 amide bonds. The molecule has 13 heteroatoms. The molecule has 1 aliphatic rings. The standard InChI is InChI=1S/C26H28F3N3O6S/c1-13-18(35-5)8-7-15-19(10-16(30-21(13)15)22-31-20(12-39-22)26(27,28)29)37-14-9-17(23(33)36-6)32(11-14)24(34)38-25(2,3)4/h7-8,10,12,14,17H,9,11H2,1-6H3/t14-,17-/m0/s1. The third-order valence-electron chi connectivity index (χ3n) is 6.04. The summed E-state index contributed by atoms with van der Waals surface area (Å²) in [6.45, 7) is 6.95. The normalized spacial score (nSPS) is 17.8. The third-order valence-corrected chi connectivity index (χ3v) is 6.90. The first-order chi connectivity index (χ1) is 18.2. The van der Waals surface area contributed by atoms with Gasteiger partial charge in [0.2, 0.25) is 0 Å². The third kappa shape index (κ3) is 6.02. The second-order valence-corrected chi connectivity index (χ2v) is 10.8. The van der Waals surface area contributed by atoms with Gasteiger partial charge in [0.05, 0.1) is 26.3 Å². The van der Waals surface area contributed by atoms with Gasteiger partial charge < -0.3 is 18.9 Å². The van der Waals surface area contributed by atoms with Crippen molar-refractivity contribution in [3.63, 3.8) is 0 Å². The summed E-state index contributed by atoms with van der Waals surface area (Å²) in [5.41, 5.74) is -0.507. The van der Waals surface area contributed by atoms with E-state index in [1.807, 2.05) is 0 Å². The summed E-state index contributed by atoms with van der Waals surface area (Å²) in [4.78, 5) is 34.9. The van der Waals surface area contributed by atoms with Gasteiger partial charge in [0.1, 0.15) is 39.9 Å². The number of aryl methyl sites for hydroxylation is 1. The number of amides is 1. The highest BCUT2D eigenvalue weighted by Crippen LogP contribution is 2.39. The number of carbonyl (C=O) groups excluding carboxylic acids is 2. The van der Waals surface area contributed by atoms with Crippen LogP contribution in [0.1, 0.15) is 38.4 Å². The molecule has 0 bridgehead atoms. The van der Waals surface area contributed by atoms with E-state index in [0.29, 0.717) is 28.0 Å². The smallest absolute Gasteiger partial charge is 0.434 e. The number of benzene rings is 1. The minimum absolute atomic E-state index is 0.0262. The van der Waals surface area contributed by atoms with Crippen LogP contribution in [0.4, 0.5) is 18.0 Å². The molecule has 0 saturated carbocycles. The highest BCUT2D eigenvalue weighted by Gasteiger charge is 2.43. The first-order valence-electron chi connectivity index (χ1n) is 12.0. The predicted octanol–water partition coefficient (Wildman–Crippen LogP) is 5.62. The lowest BCUT2D eigenvalue weighted by Gasteiger charge is -2.27. The predicted molar refractivity (Wildman–Crippen MR) is 137 cm³/mol. The van der Waals surface area contributed by atoms with Gasteiger partial charge in [-0.15, -0.1) is 11.3 Å². The number of nitrogens with zero attached hydrogens (tertiary/aromatic N) is 3. The number of thiazole rings is 1. The number of likely N-dealkylation sites (tertiary alicyclic amines) is 1. The number of alkyl halides is 3. The van der Waals surface area contributed by atoms with Crippen LogP contribution < -0.4 is 9.47 Å². The van der Waals surface area contributed by atoms with E-state index in [9.17, 15) is 22.8 Å². The summed E-state index contributed by atoms with van der Waals surface area (Å²) in [6.07, 6.45) is -5.81.